The highest BCUT2D eigenvalue weighted by atomic mass is 32.2. The average molecular weight is 232 g/mol. The first-order chi connectivity index (χ1) is 6.93. The minimum Gasteiger partial charge on any atom is -0.353 e. The summed E-state index contributed by atoms with van der Waals surface area (Å²) in [6.07, 6.45) is 1.49. The Morgan fingerprint density at radius 1 is 1.47 bits per heavy atom. The van der Waals surface area contributed by atoms with E-state index < -0.39 is 15.4 Å². The van der Waals surface area contributed by atoms with Gasteiger partial charge in [0.15, 0.2) is 9.84 Å². The van der Waals surface area contributed by atoms with E-state index >= 15 is 0 Å². The summed E-state index contributed by atoms with van der Waals surface area (Å²) in [5.41, 5.74) is -0.426. The molecular formula is C9H16N2O3S. The normalized spacial score (nSPS) is 40.1. The fourth-order valence-electron chi connectivity index (χ4n) is 2.43. The summed E-state index contributed by atoms with van der Waals surface area (Å²) in [6.45, 7) is 2.19. The maximum Gasteiger partial charge on any atom is 0.236 e. The molecule has 2 rings (SSSR count). The zero-order chi connectivity index (χ0) is 11.1. The number of amides is 1. The monoisotopic (exact) mass is 232 g/mol. The molecule has 6 heteroatoms. The van der Waals surface area contributed by atoms with Gasteiger partial charge in [-0.05, 0) is 19.8 Å². The van der Waals surface area contributed by atoms with Crippen LogP contribution in [0.5, 0.6) is 0 Å². The van der Waals surface area contributed by atoms with Crippen LogP contribution in [0.3, 0.4) is 0 Å². The van der Waals surface area contributed by atoms with Crippen LogP contribution in [0, 0.1) is 0 Å². The maximum atomic E-state index is 11.6. The summed E-state index contributed by atoms with van der Waals surface area (Å²) in [7, 11) is -2.95. The Labute approximate surface area is 89.5 Å². The van der Waals surface area contributed by atoms with Crippen molar-refractivity contribution >= 4 is 15.7 Å². The predicted octanol–water partition coefficient (Wildman–Crippen LogP) is -0.958. The standard InChI is InChI=1S/C9H16N2O3S/c1-7-8(12)10-5-9(11-7)3-2-4-15(13,14)6-9/h7,11H,2-6H2,1H3,(H,10,12)/t7-,9?/m0/s1. The third kappa shape index (κ3) is 2.15. The summed E-state index contributed by atoms with van der Waals surface area (Å²) in [5, 5.41) is 5.91. The number of carbonyl (C=O) groups excluding carboxylic acids is 1. The summed E-state index contributed by atoms with van der Waals surface area (Å²) < 4.78 is 23.1. The molecule has 0 aromatic rings. The molecule has 86 valence electrons. The lowest BCUT2D eigenvalue weighted by Gasteiger charge is -2.43. The van der Waals surface area contributed by atoms with Gasteiger partial charge in [0.05, 0.1) is 23.1 Å². The van der Waals surface area contributed by atoms with E-state index in [1.54, 1.807) is 6.92 Å². The molecule has 2 saturated heterocycles. The second-order valence-corrected chi connectivity index (χ2v) is 6.74. The third-order valence-corrected chi connectivity index (χ3v) is 5.03. The van der Waals surface area contributed by atoms with Crippen molar-refractivity contribution in [2.24, 2.45) is 0 Å². The van der Waals surface area contributed by atoms with Crippen molar-refractivity contribution in [1.29, 1.82) is 0 Å². The van der Waals surface area contributed by atoms with Crippen LogP contribution in [0.4, 0.5) is 0 Å². The Morgan fingerprint density at radius 3 is 2.80 bits per heavy atom. The van der Waals surface area contributed by atoms with Gasteiger partial charge in [-0.3, -0.25) is 10.1 Å². The molecule has 0 bridgehead atoms. The Hall–Kier alpha value is -0.620. The van der Waals surface area contributed by atoms with Crippen LogP contribution >= 0.6 is 0 Å². The Morgan fingerprint density at radius 2 is 2.20 bits per heavy atom. The van der Waals surface area contributed by atoms with Gasteiger partial charge in [-0.2, -0.15) is 0 Å². The first-order valence-electron chi connectivity index (χ1n) is 5.18. The second kappa shape index (κ2) is 3.45. The highest BCUT2D eigenvalue weighted by Crippen LogP contribution is 2.24. The van der Waals surface area contributed by atoms with Crippen molar-refractivity contribution in [1.82, 2.24) is 10.6 Å². The SMILES string of the molecule is C[C@@H]1NC2(CCCS(=O)(=O)C2)CNC1=O. The van der Waals surface area contributed by atoms with Crippen LogP contribution in [-0.2, 0) is 14.6 Å². The van der Waals surface area contributed by atoms with E-state index in [9.17, 15) is 13.2 Å². The minimum absolute atomic E-state index is 0.0522. The molecule has 1 spiro atoms. The summed E-state index contributed by atoms with van der Waals surface area (Å²) in [6, 6.07) is -0.299. The number of nitrogens with one attached hydrogen (secondary N) is 2. The number of sulfone groups is 1. The predicted molar refractivity (Wildman–Crippen MR) is 56.2 cm³/mol. The summed E-state index contributed by atoms with van der Waals surface area (Å²) in [5.74, 6) is 0.368. The Balaban J connectivity index is 2.17. The molecule has 1 amide bonds. The molecule has 0 radical (unpaired) electrons. The van der Waals surface area contributed by atoms with Crippen molar-refractivity contribution in [3.05, 3.63) is 0 Å². The summed E-state index contributed by atoms with van der Waals surface area (Å²) in [4.78, 5) is 11.3. The Kier molecular flexibility index (Phi) is 2.50. The third-order valence-electron chi connectivity index (χ3n) is 3.12. The maximum absolute atomic E-state index is 11.6. The average Bonchev–Trinajstić information content (AvgIpc) is 2.10. The molecule has 2 heterocycles. The van der Waals surface area contributed by atoms with Crippen LogP contribution < -0.4 is 10.6 Å². The molecule has 2 aliphatic rings. The lowest BCUT2D eigenvalue weighted by Crippen LogP contribution is -2.69. The fourth-order valence-corrected chi connectivity index (χ4v) is 4.33. The lowest BCUT2D eigenvalue weighted by atomic mass is 9.92. The van der Waals surface area contributed by atoms with E-state index in [0.29, 0.717) is 13.0 Å². The summed E-state index contributed by atoms with van der Waals surface area (Å²) >= 11 is 0. The molecule has 2 N–H and O–H groups in total. The van der Waals surface area contributed by atoms with Crippen molar-refractivity contribution in [2.75, 3.05) is 18.1 Å². The number of piperazine rings is 1. The largest absolute Gasteiger partial charge is 0.353 e. The van der Waals surface area contributed by atoms with Crippen LogP contribution in [-0.4, -0.2) is 44.0 Å². The zero-order valence-electron chi connectivity index (χ0n) is 8.75. The van der Waals surface area contributed by atoms with Gasteiger partial charge in [-0.25, -0.2) is 8.42 Å². The van der Waals surface area contributed by atoms with Gasteiger partial charge in [0, 0.05) is 6.54 Å². The second-order valence-electron chi connectivity index (χ2n) is 4.56. The van der Waals surface area contributed by atoms with Crippen molar-refractivity contribution in [2.45, 2.75) is 31.3 Å². The molecule has 5 nitrogen and oxygen atoms in total. The molecule has 2 fully saturated rings. The van der Waals surface area contributed by atoms with E-state index in [2.05, 4.69) is 10.6 Å². The van der Waals surface area contributed by atoms with Crippen molar-refractivity contribution in [3.63, 3.8) is 0 Å². The van der Waals surface area contributed by atoms with Crippen molar-refractivity contribution < 1.29 is 13.2 Å². The molecule has 1 unspecified atom stereocenters. The highest BCUT2D eigenvalue weighted by Gasteiger charge is 2.43. The van der Waals surface area contributed by atoms with Gasteiger partial charge >= 0.3 is 0 Å². The molecule has 2 aliphatic heterocycles. The van der Waals surface area contributed by atoms with E-state index in [0.717, 1.165) is 6.42 Å². The van der Waals surface area contributed by atoms with Crippen LogP contribution in [0.1, 0.15) is 19.8 Å². The molecule has 15 heavy (non-hydrogen) atoms. The molecule has 0 saturated carbocycles. The fraction of sp³-hybridized carbons (Fsp3) is 0.889. The van der Waals surface area contributed by atoms with E-state index in [-0.39, 0.29) is 23.5 Å². The zero-order valence-corrected chi connectivity index (χ0v) is 9.56. The van der Waals surface area contributed by atoms with Gasteiger partial charge < -0.3 is 5.32 Å². The number of rotatable bonds is 0. The van der Waals surface area contributed by atoms with Gasteiger partial charge in [-0.15, -0.1) is 0 Å². The minimum atomic E-state index is -2.95. The molecule has 2 atom stereocenters. The topological polar surface area (TPSA) is 75.3 Å². The number of hydrogen-bond acceptors (Lipinski definition) is 4. The van der Waals surface area contributed by atoms with Crippen LogP contribution in [0.25, 0.3) is 0 Å². The van der Waals surface area contributed by atoms with E-state index in [4.69, 9.17) is 0 Å². The smallest absolute Gasteiger partial charge is 0.236 e. The Bertz CT molecular complexity index is 379. The lowest BCUT2D eigenvalue weighted by molar-refractivity contribution is -0.125. The van der Waals surface area contributed by atoms with Crippen LogP contribution in [0.15, 0.2) is 0 Å². The number of carbonyl (C=O) groups is 1. The van der Waals surface area contributed by atoms with Gasteiger partial charge in [0.25, 0.3) is 0 Å². The van der Waals surface area contributed by atoms with Crippen molar-refractivity contribution in [3.8, 4) is 0 Å². The van der Waals surface area contributed by atoms with E-state index in [1.807, 2.05) is 0 Å². The highest BCUT2D eigenvalue weighted by molar-refractivity contribution is 7.91. The first-order valence-corrected chi connectivity index (χ1v) is 7.01. The van der Waals surface area contributed by atoms with E-state index in [1.165, 1.54) is 0 Å². The number of hydrogen-bond donors (Lipinski definition) is 2. The quantitative estimate of drug-likeness (QED) is 0.564. The first kappa shape index (κ1) is 10.9. The van der Waals surface area contributed by atoms with Gasteiger partial charge in [-0.1, -0.05) is 0 Å². The van der Waals surface area contributed by atoms with Crippen LogP contribution in [0.2, 0.25) is 0 Å². The molecular weight excluding hydrogens is 216 g/mol. The molecule has 0 aromatic heterocycles. The molecule has 0 aliphatic carbocycles. The van der Waals surface area contributed by atoms with Gasteiger partial charge in [0.1, 0.15) is 0 Å². The molecule has 0 aromatic carbocycles. The van der Waals surface area contributed by atoms with Gasteiger partial charge in [0.2, 0.25) is 5.91 Å².